The van der Waals surface area contributed by atoms with Crippen LogP contribution >= 0.6 is 22.9 Å². The van der Waals surface area contributed by atoms with Gasteiger partial charge in [-0.25, -0.2) is 4.39 Å². The van der Waals surface area contributed by atoms with Crippen molar-refractivity contribution in [3.05, 3.63) is 68.9 Å². The predicted octanol–water partition coefficient (Wildman–Crippen LogP) is 4.77. The number of hydrogen-bond donors (Lipinski definition) is 2. The van der Waals surface area contributed by atoms with Crippen molar-refractivity contribution in [1.82, 2.24) is 15.1 Å². The molecule has 0 unspecified atom stereocenters. The summed E-state index contributed by atoms with van der Waals surface area (Å²) in [6.07, 6.45) is 1.61. The molecule has 3 aromatic rings. The lowest BCUT2D eigenvalue weighted by Crippen LogP contribution is -2.39. The molecule has 182 valence electrons. The molecule has 0 aliphatic carbocycles. The van der Waals surface area contributed by atoms with Gasteiger partial charge in [-0.15, -0.1) is 10.2 Å². The lowest BCUT2D eigenvalue weighted by Gasteiger charge is -2.31. The SMILES string of the molecule is Cc1ccc(NC(=O)CC2CCN(C(=O)c3nnc(C(=O)Nc4ccc(Cl)cc4)s3)CC2)cc1F. The van der Waals surface area contributed by atoms with Crippen LogP contribution in [0.2, 0.25) is 5.02 Å². The Kier molecular flexibility index (Phi) is 7.72. The van der Waals surface area contributed by atoms with Gasteiger partial charge in [0.15, 0.2) is 0 Å². The highest BCUT2D eigenvalue weighted by atomic mass is 35.5. The van der Waals surface area contributed by atoms with Crippen LogP contribution in [0.25, 0.3) is 0 Å². The molecule has 2 heterocycles. The second-order valence-corrected chi connectivity index (χ2v) is 9.74. The Balaban J connectivity index is 1.26. The number of benzene rings is 2. The maximum Gasteiger partial charge on any atom is 0.286 e. The number of piperidine rings is 1. The average Bonchev–Trinajstić information content (AvgIpc) is 3.33. The van der Waals surface area contributed by atoms with Crippen molar-refractivity contribution in [2.24, 2.45) is 5.92 Å². The minimum Gasteiger partial charge on any atom is -0.337 e. The first kappa shape index (κ1) is 24.7. The van der Waals surface area contributed by atoms with Crippen molar-refractivity contribution in [2.75, 3.05) is 23.7 Å². The normalized spacial score (nSPS) is 14.0. The monoisotopic (exact) mass is 515 g/mol. The van der Waals surface area contributed by atoms with E-state index in [2.05, 4.69) is 20.8 Å². The number of carbonyl (C=O) groups is 3. The summed E-state index contributed by atoms with van der Waals surface area (Å²) in [7, 11) is 0. The third kappa shape index (κ3) is 6.40. The quantitative estimate of drug-likeness (QED) is 0.492. The number of nitrogens with zero attached hydrogens (tertiary/aromatic N) is 3. The third-order valence-corrected chi connectivity index (χ3v) is 6.90. The van der Waals surface area contributed by atoms with Crippen LogP contribution < -0.4 is 10.6 Å². The van der Waals surface area contributed by atoms with Crippen LogP contribution in [0.4, 0.5) is 15.8 Å². The first-order valence-electron chi connectivity index (χ1n) is 11.0. The van der Waals surface area contributed by atoms with Crippen LogP contribution in [0.1, 0.15) is 44.4 Å². The van der Waals surface area contributed by atoms with Gasteiger partial charge in [-0.2, -0.15) is 0 Å². The van der Waals surface area contributed by atoms with Gasteiger partial charge in [0, 0.05) is 35.9 Å². The molecule has 4 rings (SSSR count). The van der Waals surface area contributed by atoms with Crippen LogP contribution in [0, 0.1) is 18.7 Å². The van der Waals surface area contributed by atoms with Gasteiger partial charge in [-0.1, -0.05) is 29.0 Å². The molecule has 0 saturated carbocycles. The number of amides is 3. The highest BCUT2D eigenvalue weighted by molar-refractivity contribution is 7.15. The number of anilines is 2. The van der Waals surface area contributed by atoms with E-state index in [0.717, 1.165) is 11.3 Å². The van der Waals surface area contributed by atoms with Crippen molar-refractivity contribution in [3.63, 3.8) is 0 Å². The molecule has 1 fully saturated rings. The summed E-state index contributed by atoms with van der Waals surface area (Å²) in [5.74, 6) is -1.17. The molecule has 1 aliphatic heterocycles. The molecule has 0 atom stereocenters. The maximum atomic E-state index is 13.7. The Morgan fingerprint density at radius 3 is 2.37 bits per heavy atom. The maximum absolute atomic E-state index is 13.7. The fourth-order valence-electron chi connectivity index (χ4n) is 3.74. The van der Waals surface area contributed by atoms with E-state index in [9.17, 15) is 18.8 Å². The lowest BCUT2D eigenvalue weighted by molar-refractivity contribution is -0.117. The van der Waals surface area contributed by atoms with Gasteiger partial charge in [-0.3, -0.25) is 14.4 Å². The largest absolute Gasteiger partial charge is 0.337 e. The summed E-state index contributed by atoms with van der Waals surface area (Å²) < 4.78 is 13.7. The second-order valence-electron chi connectivity index (χ2n) is 8.33. The van der Waals surface area contributed by atoms with Gasteiger partial charge in [0.1, 0.15) is 5.82 Å². The van der Waals surface area contributed by atoms with Crippen molar-refractivity contribution in [3.8, 4) is 0 Å². The van der Waals surface area contributed by atoms with E-state index in [4.69, 9.17) is 11.6 Å². The molecular weight excluding hydrogens is 493 g/mol. The smallest absolute Gasteiger partial charge is 0.286 e. The van der Waals surface area contributed by atoms with Crippen molar-refractivity contribution >= 4 is 52.0 Å². The van der Waals surface area contributed by atoms with Gasteiger partial charge in [-0.05, 0) is 67.6 Å². The molecule has 2 aromatic carbocycles. The lowest BCUT2D eigenvalue weighted by atomic mass is 9.93. The van der Waals surface area contributed by atoms with E-state index in [-0.39, 0.29) is 33.6 Å². The first-order valence-corrected chi connectivity index (χ1v) is 12.2. The second kappa shape index (κ2) is 10.9. The third-order valence-electron chi connectivity index (χ3n) is 5.74. The summed E-state index contributed by atoms with van der Waals surface area (Å²) in [4.78, 5) is 39.2. The van der Waals surface area contributed by atoms with Crippen LogP contribution in [-0.4, -0.2) is 45.9 Å². The molecule has 0 radical (unpaired) electrons. The van der Waals surface area contributed by atoms with Crippen LogP contribution in [-0.2, 0) is 4.79 Å². The Morgan fingerprint density at radius 2 is 1.69 bits per heavy atom. The van der Waals surface area contributed by atoms with Crippen LogP contribution in [0.5, 0.6) is 0 Å². The summed E-state index contributed by atoms with van der Waals surface area (Å²) in [6, 6.07) is 11.2. The molecule has 0 spiro atoms. The van der Waals surface area contributed by atoms with E-state index in [0.29, 0.717) is 54.3 Å². The first-order chi connectivity index (χ1) is 16.8. The number of nitrogens with one attached hydrogen (secondary N) is 2. The number of hydrogen-bond acceptors (Lipinski definition) is 6. The Hall–Kier alpha value is -3.37. The highest BCUT2D eigenvalue weighted by Crippen LogP contribution is 2.24. The molecular formula is C24H23ClFN5O3S. The standard InChI is InChI=1S/C24H23ClFN5O3S/c1-14-2-5-18(13-19(14)26)27-20(32)12-15-8-10-31(11-9-15)24(34)23-30-29-22(35-23)21(33)28-17-6-3-16(25)4-7-17/h2-7,13,15H,8-12H2,1H3,(H,27,32)(H,28,33). The molecule has 11 heteroatoms. The Labute approximate surface area is 210 Å². The molecule has 1 aliphatic rings. The minimum absolute atomic E-state index is 0.0856. The van der Waals surface area contributed by atoms with Crippen molar-refractivity contribution in [1.29, 1.82) is 0 Å². The molecule has 2 N–H and O–H groups in total. The fourth-order valence-corrected chi connectivity index (χ4v) is 4.57. The number of carbonyl (C=O) groups excluding carboxylic acids is 3. The predicted molar refractivity (Wildman–Crippen MR) is 132 cm³/mol. The van der Waals surface area contributed by atoms with E-state index in [1.807, 2.05) is 0 Å². The average molecular weight is 516 g/mol. The molecule has 35 heavy (non-hydrogen) atoms. The number of halogens is 2. The number of likely N-dealkylation sites (tertiary alicyclic amines) is 1. The van der Waals surface area contributed by atoms with Crippen molar-refractivity contribution < 1.29 is 18.8 Å². The zero-order valence-electron chi connectivity index (χ0n) is 18.9. The zero-order valence-corrected chi connectivity index (χ0v) is 20.5. The van der Waals surface area contributed by atoms with Gasteiger partial charge in [0.05, 0.1) is 0 Å². The topological polar surface area (TPSA) is 104 Å². The molecule has 3 amide bonds. The molecule has 8 nitrogen and oxygen atoms in total. The number of aryl methyl sites for hydroxylation is 1. The summed E-state index contributed by atoms with van der Waals surface area (Å²) in [5, 5.41) is 14.0. The fraction of sp³-hybridized carbons (Fsp3) is 0.292. The van der Waals surface area contributed by atoms with Gasteiger partial charge < -0.3 is 15.5 Å². The van der Waals surface area contributed by atoms with Crippen molar-refractivity contribution in [2.45, 2.75) is 26.2 Å². The van der Waals surface area contributed by atoms with Gasteiger partial charge in [0.2, 0.25) is 15.9 Å². The van der Waals surface area contributed by atoms with E-state index in [1.54, 1.807) is 48.2 Å². The Morgan fingerprint density at radius 1 is 1.03 bits per heavy atom. The van der Waals surface area contributed by atoms with Gasteiger partial charge >= 0.3 is 0 Å². The zero-order chi connectivity index (χ0) is 24.9. The highest BCUT2D eigenvalue weighted by Gasteiger charge is 2.28. The molecule has 0 bridgehead atoms. The minimum atomic E-state index is -0.456. The van der Waals surface area contributed by atoms with Crippen LogP contribution in [0.3, 0.4) is 0 Å². The summed E-state index contributed by atoms with van der Waals surface area (Å²) >= 11 is 6.78. The Bertz CT molecular complexity index is 1240. The molecule has 1 saturated heterocycles. The summed E-state index contributed by atoms with van der Waals surface area (Å²) in [6.45, 7) is 2.61. The number of rotatable bonds is 6. The van der Waals surface area contributed by atoms with E-state index < -0.39 is 5.91 Å². The number of aromatic nitrogens is 2. The molecule has 1 aromatic heterocycles. The summed E-state index contributed by atoms with van der Waals surface area (Å²) in [5.41, 5.74) is 1.50. The van der Waals surface area contributed by atoms with Gasteiger partial charge in [0.25, 0.3) is 11.8 Å². The van der Waals surface area contributed by atoms with E-state index >= 15 is 0 Å². The van der Waals surface area contributed by atoms with E-state index in [1.165, 1.54) is 6.07 Å². The van der Waals surface area contributed by atoms with Crippen LogP contribution in [0.15, 0.2) is 42.5 Å².